The molecule has 0 saturated carbocycles. The van der Waals surface area contributed by atoms with Crippen LogP contribution in [0.25, 0.3) is 0 Å². The molecule has 0 fully saturated rings. The van der Waals surface area contributed by atoms with Crippen molar-refractivity contribution in [1.82, 2.24) is 5.32 Å². The van der Waals surface area contributed by atoms with Crippen LogP contribution in [0, 0.1) is 0 Å². The van der Waals surface area contributed by atoms with Gasteiger partial charge in [0, 0.05) is 18.7 Å². The van der Waals surface area contributed by atoms with Crippen molar-refractivity contribution in [2.45, 2.75) is 31.8 Å². The summed E-state index contributed by atoms with van der Waals surface area (Å²) in [4.78, 5) is 11.9. The highest BCUT2D eigenvalue weighted by atomic mass is 35.5. The molecule has 0 radical (unpaired) electrons. The van der Waals surface area contributed by atoms with Gasteiger partial charge >= 0.3 is 0 Å². The molecular formula is C14H21ClN2O2. The number of halogens is 1. The lowest BCUT2D eigenvalue weighted by molar-refractivity contribution is -0.123. The highest BCUT2D eigenvalue weighted by Crippen LogP contribution is 2.16. The number of carbonyl (C=O) groups is 1. The van der Waals surface area contributed by atoms with Gasteiger partial charge in [-0.3, -0.25) is 4.79 Å². The molecule has 1 aromatic carbocycles. The predicted molar refractivity (Wildman–Crippen MR) is 77.1 cm³/mol. The van der Waals surface area contributed by atoms with Gasteiger partial charge in [0.2, 0.25) is 5.91 Å². The van der Waals surface area contributed by atoms with E-state index in [0.717, 1.165) is 12.0 Å². The van der Waals surface area contributed by atoms with Crippen LogP contribution in [-0.4, -0.2) is 25.7 Å². The number of nitrogens with two attached hydrogens (primary N) is 1. The van der Waals surface area contributed by atoms with E-state index in [1.165, 1.54) is 0 Å². The largest absolute Gasteiger partial charge is 0.385 e. The van der Waals surface area contributed by atoms with Gasteiger partial charge in [0.1, 0.15) is 0 Å². The maximum absolute atomic E-state index is 11.9. The van der Waals surface area contributed by atoms with Gasteiger partial charge in [0.05, 0.1) is 12.1 Å². The van der Waals surface area contributed by atoms with E-state index in [9.17, 15) is 4.79 Å². The van der Waals surface area contributed by atoms with Gasteiger partial charge in [-0.1, -0.05) is 23.7 Å². The number of amides is 1. The first-order valence-electron chi connectivity index (χ1n) is 6.35. The van der Waals surface area contributed by atoms with E-state index in [1.54, 1.807) is 19.2 Å². The summed E-state index contributed by atoms with van der Waals surface area (Å²) in [7, 11) is 1.63. The molecule has 4 nitrogen and oxygen atoms in total. The number of rotatable bonds is 7. The quantitative estimate of drug-likeness (QED) is 0.755. The predicted octanol–water partition coefficient (Wildman–Crippen LogP) is 2.27. The van der Waals surface area contributed by atoms with E-state index in [2.05, 4.69) is 5.32 Å². The Labute approximate surface area is 119 Å². The van der Waals surface area contributed by atoms with Crippen molar-refractivity contribution in [1.29, 1.82) is 0 Å². The van der Waals surface area contributed by atoms with Crippen molar-refractivity contribution in [2.75, 3.05) is 13.7 Å². The Bertz CT molecular complexity index is 395. The summed E-state index contributed by atoms with van der Waals surface area (Å²) in [6.45, 7) is 2.54. The molecule has 0 bridgehead atoms. The summed E-state index contributed by atoms with van der Waals surface area (Å²) in [6, 6.07) is 6.81. The van der Waals surface area contributed by atoms with Crippen LogP contribution in [0.3, 0.4) is 0 Å². The van der Waals surface area contributed by atoms with E-state index in [-0.39, 0.29) is 11.9 Å². The average molecular weight is 285 g/mol. The van der Waals surface area contributed by atoms with Crippen molar-refractivity contribution in [2.24, 2.45) is 5.73 Å². The molecular weight excluding hydrogens is 264 g/mol. The van der Waals surface area contributed by atoms with Gasteiger partial charge < -0.3 is 15.8 Å². The maximum atomic E-state index is 11.9. The van der Waals surface area contributed by atoms with Crippen LogP contribution in [0.5, 0.6) is 0 Å². The Balaban J connectivity index is 2.44. The summed E-state index contributed by atoms with van der Waals surface area (Å²) in [5.41, 5.74) is 6.82. The van der Waals surface area contributed by atoms with Gasteiger partial charge in [0.15, 0.2) is 0 Å². The van der Waals surface area contributed by atoms with Crippen LogP contribution in [0.4, 0.5) is 0 Å². The van der Waals surface area contributed by atoms with Crippen LogP contribution in [0.1, 0.15) is 31.4 Å². The van der Waals surface area contributed by atoms with Gasteiger partial charge in [-0.15, -0.1) is 0 Å². The number of benzene rings is 1. The van der Waals surface area contributed by atoms with Crippen molar-refractivity contribution in [3.8, 4) is 0 Å². The topological polar surface area (TPSA) is 64.3 Å². The normalized spacial score (nSPS) is 13.9. The van der Waals surface area contributed by atoms with Crippen LogP contribution in [-0.2, 0) is 9.53 Å². The standard InChI is InChI=1S/C14H21ClN2O2/c1-10(11-5-7-12(15)8-6-11)17-14(18)13(16)4-3-9-19-2/h5-8,10,13H,3-4,9,16H2,1-2H3,(H,17,18)/t10-,13?/m1/s1. The van der Waals surface area contributed by atoms with Crippen molar-refractivity contribution in [3.63, 3.8) is 0 Å². The van der Waals surface area contributed by atoms with E-state index < -0.39 is 6.04 Å². The highest BCUT2D eigenvalue weighted by Gasteiger charge is 2.16. The number of hydrogen-bond donors (Lipinski definition) is 2. The molecule has 0 spiro atoms. The molecule has 19 heavy (non-hydrogen) atoms. The third-order valence-electron chi connectivity index (χ3n) is 2.93. The Morgan fingerprint density at radius 3 is 2.63 bits per heavy atom. The fourth-order valence-electron chi connectivity index (χ4n) is 1.73. The number of nitrogens with one attached hydrogen (secondary N) is 1. The van der Waals surface area contributed by atoms with E-state index in [4.69, 9.17) is 22.1 Å². The lowest BCUT2D eigenvalue weighted by atomic mass is 10.1. The summed E-state index contributed by atoms with van der Waals surface area (Å²) < 4.78 is 4.93. The van der Waals surface area contributed by atoms with E-state index in [1.807, 2.05) is 19.1 Å². The molecule has 1 aromatic rings. The maximum Gasteiger partial charge on any atom is 0.237 e. The number of hydrogen-bond acceptors (Lipinski definition) is 3. The molecule has 3 N–H and O–H groups in total. The lowest BCUT2D eigenvalue weighted by Gasteiger charge is -2.18. The first-order chi connectivity index (χ1) is 9.04. The zero-order chi connectivity index (χ0) is 14.3. The molecule has 0 aliphatic heterocycles. The number of carbonyl (C=O) groups excluding carboxylic acids is 1. The SMILES string of the molecule is COCCCC(N)C(=O)N[C@H](C)c1ccc(Cl)cc1. The summed E-state index contributed by atoms with van der Waals surface area (Å²) >= 11 is 5.82. The third-order valence-corrected chi connectivity index (χ3v) is 3.18. The molecule has 1 unspecified atom stereocenters. The second kappa shape index (κ2) is 8.15. The lowest BCUT2D eigenvalue weighted by Crippen LogP contribution is -2.41. The van der Waals surface area contributed by atoms with Gasteiger partial charge in [-0.05, 0) is 37.5 Å². The van der Waals surface area contributed by atoms with Crippen molar-refractivity contribution < 1.29 is 9.53 Å². The number of methoxy groups -OCH3 is 1. The fourth-order valence-corrected chi connectivity index (χ4v) is 1.86. The van der Waals surface area contributed by atoms with Gasteiger partial charge in [-0.2, -0.15) is 0 Å². The highest BCUT2D eigenvalue weighted by molar-refractivity contribution is 6.30. The summed E-state index contributed by atoms with van der Waals surface area (Å²) in [5, 5.41) is 3.57. The molecule has 0 aliphatic carbocycles. The first kappa shape index (κ1) is 16.0. The van der Waals surface area contributed by atoms with E-state index in [0.29, 0.717) is 18.1 Å². The minimum absolute atomic E-state index is 0.0850. The van der Waals surface area contributed by atoms with Gasteiger partial charge in [-0.25, -0.2) is 0 Å². The van der Waals surface area contributed by atoms with Crippen LogP contribution < -0.4 is 11.1 Å². The number of ether oxygens (including phenoxy) is 1. The molecule has 1 rings (SSSR count). The van der Waals surface area contributed by atoms with Gasteiger partial charge in [0.25, 0.3) is 0 Å². The minimum atomic E-state index is -0.495. The van der Waals surface area contributed by atoms with Crippen LogP contribution in [0.2, 0.25) is 5.02 Å². The molecule has 0 saturated heterocycles. The molecule has 0 aliphatic rings. The first-order valence-corrected chi connectivity index (χ1v) is 6.72. The average Bonchev–Trinajstić information content (AvgIpc) is 2.39. The smallest absolute Gasteiger partial charge is 0.237 e. The van der Waals surface area contributed by atoms with E-state index >= 15 is 0 Å². The Morgan fingerprint density at radius 1 is 1.42 bits per heavy atom. The van der Waals surface area contributed by atoms with Crippen LogP contribution in [0.15, 0.2) is 24.3 Å². The van der Waals surface area contributed by atoms with Crippen molar-refractivity contribution in [3.05, 3.63) is 34.9 Å². The Hall–Kier alpha value is -1.10. The molecule has 2 atom stereocenters. The summed E-state index contributed by atoms with van der Waals surface area (Å²) in [6.07, 6.45) is 1.40. The monoisotopic (exact) mass is 284 g/mol. The van der Waals surface area contributed by atoms with Crippen LogP contribution >= 0.6 is 11.6 Å². The third kappa shape index (κ3) is 5.59. The molecule has 106 valence electrons. The second-order valence-corrected chi connectivity index (χ2v) is 4.96. The zero-order valence-electron chi connectivity index (χ0n) is 11.4. The fraction of sp³-hybridized carbons (Fsp3) is 0.500. The molecule has 0 heterocycles. The molecule has 5 heteroatoms. The molecule has 0 aromatic heterocycles. The zero-order valence-corrected chi connectivity index (χ0v) is 12.1. The Morgan fingerprint density at radius 2 is 2.05 bits per heavy atom. The summed E-state index contributed by atoms with van der Waals surface area (Å²) in [5.74, 6) is -0.140. The van der Waals surface area contributed by atoms with Crippen molar-refractivity contribution >= 4 is 17.5 Å². The molecule has 1 amide bonds. The Kier molecular flexibility index (Phi) is 6.84. The minimum Gasteiger partial charge on any atom is -0.385 e. The second-order valence-electron chi connectivity index (χ2n) is 4.52.